The van der Waals surface area contributed by atoms with Gasteiger partial charge in [-0.15, -0.1) is 13.2 Å². The Kier molecular flexibility index (Phi) is 7.08. The Balaban J connectivity index is 1.52. The zero-order valence-electron chi connectivity index (χ0n) is 21.0. The molecule has 3 aromatic rings. The van der Waals surface area contributed by atoms with Crippen LogP contribution in [0.4, 0.5) is 13.2 Å². The van der Waals surface area contributed by atoms with Gasteiger partial charge in [0.15, 0.2) is 5.60 Å². The van der Waals surface area contributed by atoms with Crippen molar-refractivity contribution >= 4 is 5.97 Å². The first-order valence-corrected chi connectivity index (χ1v) is 11.8. The van der Waals surface area contributed by atoms with Crippen LogP contribution in [0.3, 0.4) is 0 Å². The van der Waals surface area contributed by atoms with E-state index in [1.807, 2.05) is 19.9 Å². The molecule has 2 aromatic carbocycles. The minimum Gasteiger partial charge on any atom is -0.489 e. The normalized spacial score (nSPS) is 13.8. The van der Waals surface area contributed by atoms with E-state index in [4.69, 9.17) is 14.5 Å². The second-order valence-corrected chi connectivity index (χ2v) is 9.67. The van der Waals surface area contributed by atoms with Crippen molar-refractivity contribution in [2.45, 2.75) is 65.0 Å². The van der Waals surface area contributed by atoms with Crippen LogP contribution >= 0.6 is 0 Å². The molecule has 1 aromatic heterocycles. The van der Waals surface area contributed by atoms with E-state index in [0.717, 1.165) is 35.2 Å². The average Bonchev–Trinajstić information content (AvgIpc) is 3.64. The van der Waals surface area contributed by atoms with Crippen LogP contribution in [-0.4, -0.2) is 28.0 Å². The summed E-state index contributed by atoms with van der Waals surface area (Å²) in [7, 11) is 0. The molecule has 0 saturated heterocycles. The number of benzene rings is 2. The summed E-state index contributed by atoms with van der Waals surface area (Å²) in [6.07, 6.45) is -2.70. The third-order valence-electron chi connectivity index (χ3n) is 6.14. The number of carbonyl (C=O) groups is 1. The molecule has 37 heavy (non-hydrogen) atoms. The SMILES string of the molecule is Cc1cc(OCc2c(C)cc(-c3ccc(OC(F)(F)F)cc3)nc2C2CC2)ccc1OC(C)(C)C(=O)O. The first-order valence-electron chi connectivity index (χ1n) is 11.8. The second kappa shape index (κ2) is 9.95. The molecule has 0 unspecified atom stereocenters. The summed E-state index contributed by atoms with van der Waals surface area (Å²) < 4.78 is 53.1. The van der Waals surface area contributed by atoms with Crippen molar-refractivity contribution in [3.8, 4) is 28.5 Å². The first kappa shape index (κ1) is 26.3. The highest BCUT2D eigenvalue weighted by molar-refractivity contribution is 5.76. The van der Waals surface area contributed by atoms with Gasteiger partial charge in [-0.1, -0.05) is 0 Å². The van der Waals surface area contributed by atoms with Gasteiger partial charge in [0, 0.05) is 17.0 Å². The van der Waals surface area contributed by atoms with Crippen LogP contribution in [-0.2, 0) is 11.4 Å². The van der Waals surface area contributed by atoms with Gasteiger partial charge in [-0.2, -0.15) is 0 Å². The van der Waals surface area contributed by atoms with Crippen LogP contribution < -0.4 is 14.2 Å². The summed E-state index contributed by atoms with van der Waals surface area (Å²) in [6, 6.07) is 12.8. The van der Waals surface area contributed by atoms with Crippen LogP contribution in [0, 0.1) is 13.8 Å². The van der Waals surface area contributed by atoms with Crippen molar-refractivity contribution in [1.82, 2.24) is 4.98 Å². The lowest BCUT2D eigenvalue weighted by atomic mass is 10.0. The maximum Gasteiger partial charge on any atom is 0.573 e. The molecule has 0 bridgehead atoms. The Morgan fingerprint density at radius 3 is 2.19 bits per heavy atom. The molecule has 0 radical (unpaired) electrons. The van der Waals surface area contributed by atoms with Gasteiger partial charge in [-0.25, -0.2) is 4.79 Å². The number of nitrogens with zero attached hydrogens (tertiary/aromatic N) is 1. The van der Waals surface area contributed by atoms with Crippen LogP contribution in [0.15, 0.2) is 48.5 Å². The highest BCUT2D eigenvalue weighted by atomic mass is 19.4. The van der Waals surface area contributed by atoms with Gasteiger partial charge in [0.1, 0.15) is 23.9 Å². The summed E-state index contributed by atoms with van der Waals surface area (Å²) in [5.74, 6) is 0.0621. The molecule has 0 amide bonds. The van der Waals surface area contributed by atoms with Gasteiger partial charge < -0.3 is 19.3 Å². The zero-order valence-corrected chi connectivity index (χ0v) is 21.0. The van der Waals surface area contributed by atoms with E-state index < -0.39 is 17.9 Å². The molecule has 0 spiro atoms. The molecular weight excluding hydrogens is 487 g/mol. The van der Waals surface area contributed by atoms with Crippen LogP contribution in [0.5, 0.6) is 17.2 Å². The number of pyridine rings is 1. The summed E-state index contributed by atoms with van der Waals surface area (Å²) in [4.78, 5) is 16.2. The molecule has 6 nitrogen and oxygen atoms in total. The van der Waals surface area contributed by atoms with E-state index in [1.54, 1.807) is 30.3 Å². The maximum absolute atomic E-state index is 12.5. The van der Waals surface area contributed by atoms with Gasteiger partial charge in [-0.05, 0) is 100 Å². The lowest BCUT2D eigenvalue weighted by Crippen LogP contribution is -2.38. The molecule has 1 N–H and O–H groups in total. The highest BCUT2D eigenvalue weighted by Crippen LogP contribution is 2.42. The number of halogens is 3. The van der Waals surface area contributed by atoms with Gasteiger partial charge in [0.25, 0.3) is 0 Å². The number of ether oxygens (including phenoxy) is 3. The number of hydrogen-bond acceptors (Lipinski definition) is 5. The minimum atomic E-state index is -4.74. The van der Waals surface area contributed by atoms with E-state index in [2.05, 4.69) is 4.74 Å². The molecule has 9 heteroatoms. The summed E-state index contributed by atoms with van der Waals surface area (Å²) in [5, 5.41) is 9.30. The van der Waals surface area contributed by atoms with Gasteiger partial charge in [-0.3, -0.25) is 4.98 Å². The van der Waals surface area contributed by atoms with E-state index >= 15 is 0 Å². The molecule has 0 aliphatic heterocycles. The Morgan fingerprint density at radius 1 is 0.973 bits per heavy atom. The Labute approximate surface area is 213 Å². The number of aliphatic carboxylic acids is 1. The van der Waals surface area contributed by atoms with Crippen molar-refractivity contribution in [2.24, 2.45) is 0 Å². The monoisotopic (exact) mass is 515 g/mol. The Hall–Kier alpha value is -3.75. The Morgan fingerprint density at radius 2 is 1.62 bits per heavy atom. The molecule has 1 heterocycles. The molecule has 1 saturated carbocycles. The lowest BCUT2D eigenvalue weighted by molar-refractivity contribution is -0.274. The fourth-order valence-corrected chi connectivity index (χ4v) is 3.88. The van der Waals surface area contributed by atoms with Crippen molar-refractivity contribution in [3.05, 3.63) is 70.9 Å². The van der Waals surface area contributed by atoms with Gasteiger partial charge >= 0.3 is 12.3 Å². The number of alkyl halides is 3. The summed E-state index contributed by atoms with van der Waals surface area (Å²) >= 11 is 0. The molecular formula is C28H28F3NO5. The van der Waals surface area contributed by atoms with E-state index in [-0.39, 0.29) is 5.75 Å². The van der Waals surface area contributed by atoms with Crippen molar-refractivity contribution in [1.29, 1.82) is 0 Å². The van der Waals surface area contributed by atoms with E-state index in [9.17, 15) is 23.1 Å². The second-order valence-electron chi connectivity index (χ2n) is 9.67. The first-order chi connectivity index (χ1) is 17.3. The third-order valence-corrected chi connectivity index (χ3v) is 6.14. The molecule has 1 aliphatic carbocycles. The predicted molar refractivity (Wildman–Crippen MR) is 131 cm³/mol. The number of carboxylic acids is 1. The number of hydrogen-bond donors (Lipinski definition) is 1. The number of rotatable bonds is 9. The average molecular weight is 516 g/mol. The zero-order chi connectivity index (χ0) is 27.0. The lowest BCUT2D eigenvalue weighted by Gasteiger charge is -2.23. The fourth-order valence-electron chi connectivity index (χ4n) is 3.88. The highest BCUT2D eigenvalue weighted by Gasteiger charge is 2.32. The van der Waals surface area contributed by atoms with Crippen LogP contribution in [0.25, 0.3) is 11.3 Å². The maximum atomic E-state index is 12.5. The molecule has 1 aliphatic rings. The largest absolute Gasteiger partial charge is 0.573 e. The third kappa shape index (κ3) is 6.53. The summed E-state index contributed by atoms with van der Waals surface area (Å²) in [6.45, 7) is 7.06. The standard InChI is InChI=1S/C28H28F3NO5/c1-16-14-23(18-7-9-20(10-8-18)36-28(29,30)31)32-25(19-5-6-19)22(16)15-35-21-11-12-24(17(2)13-21)37-27(3,4)26(33)34/h7-14,19H,5-6,15H2,1-4H3,(H,33,34). The van der Waals surface area contributed by atoms with Crippen LogP contribution in [0.1, 0.15) is 55.0 Å². The van der Waals surface area contributed by atoms with E-state index in [1.165, 1.54) is 26.0 Å². The number of aromatic nitrogens is 1. The number of carboxylic acid groups (broad SMARTS) is 1. The van der Waals surface area contributed by atoms with Gasteiger partial charge in [0.2, 0.25) is 0 Å². The van der Waals surface area contributed by atoms with Crippen molar-refractivity contribution < 1.29 is 37.3 Å². The fraction of sp³-hybridized carbons (Fsp3) is 0.357. The van der Waals surface area contributed by atoms with Crippen molar-refractivity contribution in [2.75, 3.05) is 0 Å². The minimum absolute atomic E-state index is 0.279. The molecule has 196 valence electrons. The van der Waals surface area contributed by atoms with E-state index in [0.29, 0.717) is 35.3 Å². The van der Waals surface area contributed by atoms with Gasteiger partial charge in [0.05, 0.1) is 11.4 Å². The Bertz CT molecular complexity index is 1300. The smallest absolute Gasteiger partial charge is 0.489 e. The predicted octanol–water partition coefficient (Wildman–Crippen LogP) is 6.96. The van der Waals surface area contributed by atoms with Crippen LogP contribution in [0.2, 0.25) is 0 Å². The number of aryl methyl sites for hydroxylation is 2. The quantitative estimate of drug-likeness (QED) is 0.332. The summed E-state index contributed by atoms with van der Waals surface area (Å²) in [5.41, 5.74) is 3.66. The van der Waals surface area contributed by atoms with Crippen molar-refractivity contribution in [3.63, 3.8) is 0 Å². The molecule has 4 rings (SSSR count). The topological polar surface area (TPSA) is 77.9 Å². The molecule has 0 atom stereocenters. The molecule has 1 fully saturated rings.